The average Bonchev–Trinajstić information content (AvgIpc) is 3.28. The van der Waals surface area contributed by atoms with E-state index in [1.54, 1.807) is 0 Å². The van der Waals surface area contributed by atoms with Crippen molar-refractivity contribution >= 4 is 0 Å². The van der Waals surface area contributed by atoms with Gasteiger partial charge in [0.1, 0.15) is 36.6 Å². The summed E-state index contributed by atoms with van der Waals surface area (Å²) in [5.74, 6) is 2.62. The number of epoxide rings is 2. The zero-order valence-corrected chi connectivity index (χ0v) is 10.3. The molecule has 2 atom stereocenters. The van der Waals surface area contributed by atoms with Crippen LogP contribution in [0.4, 0.5) is 0 Å². The fourth-order valence-corrected chi connectivity index (χ4v) is 1.68. The highest BCUT2D eigenvalue weighted by molar-refractivity contribution is 5.33. The molecule has 0 aliphatic carbocycles. The summed E-state index contributed by atoms with van der Waals surface area (Å²) in [7, 11) is 0. The van der Waals surface area contributed by atoms with Gasteiger partial charge in [-0.15, -0.1) is 0 Å². The first-order chi connectivity index (χ1) is 8.85. The molecule has 0 bridgehead atoms. The molecule has 0 N–H and O–H groups in total. The van der Waals surface area contributed by atoms with Gasteiger partial charge in [0.2, 0.25) is 0 Å². The Labute approximate surface area is 106 Å². The highest BCUT2D eigenvalue weighted by Gasteiger charge is 2.32. The smallest absolute Gasteiger partial charge is 0.188 e. The molecule has 18 heavy (non-hydrogen) atoms. The molecule has 2 aliphatic rings. The number of allylic oxidation sites excluding steroid dienone is 1. The summed E-state index contributed by atoms with van der Waals surface area (Å²) in [6.45, 7) is 3.93. The van der Waals surface area contributed by atoms with Crippen molar-refractivity contribution in [2.24, 2.45) is 0 Å². The van der Waals surface area contributed by atoms with E-state index in [-0.39, 0.29) is 12.2 Å². The lowest BCUT2D eigenvalue weighted by molar-refractivity contribution is 0.253. The second kappa shape index (κ2) is 4.90. The maximum absolute atomic E-state index is 5.65. The zero-order chi connectivity index (χ0) is 12.4. The van der Waals surface area contributed by atoms with Crippen LogP contribution in [0, 0.1) is 0 Å². The van der Waals surface area contributed by atoms with E-state index in [0.29, 0.717) is 13.2 Å². The van der Waals surface area contributed by atoms with E-state index >= 15 is 0 Å². The van der Waals surface area contributed by atoms with Crippen LogP contribution < -0.4 is 9.47 Å². The summed E-state index contributed by atoms with van der Waals surface area (Å²) in [6.07, 6.45) is 2.36. The normalized spacial score (nSPS) is 26.6. The van der Waals surface area contributed by atoms with Gasteiger partial charge in [0.25, 0.3) is 0 Å². The fourth-order valence-electron chi connectivity index (χ4n) is 1.68. The van der Waals surface area contributed by atoms with Crippen LogP contribution in [0.25, 0.3) is 0 Å². The first kappa shape index (κ1) is 11.4. The summed E-state index contributed by atoms with van der Waals surface area (Å²) in [4.78, 5) is 0. The predicted molar refractivity (Wildman–Crippen MR) is 65.8 cm³/mol. The summed E-state index contributed by atoms with van der Waals surface area (Å²) in [6, 6.07) is 7.64. The van der Waals surface area contributed by atoms with Crippen LogP contribution in [-0.4, -0.2) is 32.0 Å². The van der Waals surface area contributed by atoms with Gasteiger partial charge in [0.15, 0.2) is 6.10 Å². The van der Waals surface area contributed by atoms with Crippen molar-refractivity contribution in [2.75, 3.05) is 19.8 Å². The summed E-state index contributed by atoms with van der Waals surface area (Å²) >= 11 is 0. The molecule has 96 valence electrons. The second-order valence-corrected chi connectivity index (χ2v) is 4.35. The molecule has 3 rings (SSSR count). The molecule has 4 nitrogen and oxygen atoms in total. The van der Waals surface area contributed by atoms with Gasteiger partial charge in [-0.1, -0.05) is 6.07 Å². The van der Waals surface area contributed by atoms with E-state index in [0.717, 1.165) is 23.9 Å². The first-order valence-corrected chi connectivity index (χ1v) is 6.15. The maximum Gasteiger partial charge on any atom is 0.188 e. The summed E-state index contributed by atoms with van der Waals surface area (Å²) < 4.78 is 21.6. The van der Waals surface area contributed by atoms with Crippen molar-refractivity contribution in [3.8, 4) is 11.5 Å². The minimum Gasteiger partial charge on any atom is -0.491 e. The van der Waals surface area contributed by atoms with E-state index in [4.69, 9.17) is 18.9 Å². The van der Waals surface area contributed by atoms with Crippen LogP contribution in [-0.2, 0) is 9.47 Å². The molecule has 0 amide bonds. The Balaban J connectivity index is 1.50. The monoisotopic (exact) mass is 248 g/mol. The lowest BCUT2D eigenvalue weighted by Crippen LogP contribution is -2.05. The first-order valence-electron chi connectivity index (χ1n) is 6.15. The molecule has 1 aromatic carbocycles. The minimum absolute atomic E-state index is 0.124. The Morgan fingerprint density at radius 1 is 1.28 bits per heavy atom. The third kappa shape index (κ3) is 2.96. The SMILES string of the molecule is C/C=C1/OC1COc1cccc(OCC2CO2)c1. The van der Waals surface area contributed by atoms with Crippen LogP contribution in [0.2, 0.25) is 0 Å². The predicted octanol–water partition coefficient (Wildman–Crippen LogP) is 2.15. The van der Waals surface area contributed by atoms with E-state index in [1.165, 1.54) is 0 Å². The van der Waals surface area contributed by atoms with E-state index in [2.05, 4.69) is 0 Å². The quantitative estimate of drug-likeness (QED) is 0.723. The third-order valence-electron chi connectivity index (χ3n) is 2.87. The highest BCUT2D eigenvalue weighted by atomic mass is 16.6. The van der Waals surface area contributed by atoms with Crippen molar-refractivity contribution in [3.05, 3.63) is 36.1 Å². The number of hydrogen-bond donors (Lipinski definition) is 0. The number of benzene rings is 1. The van der Waals surface area contributed by atoms with Gasteiger partial charge in [0, 0.05) is 6.07 Å². The van der Waals surface area contributed by atoms with Gasteiger partial charge in [0.05, 0.1) is 6.61 Å². The molecule has 0 spiro atoms. The van der Waals surface area contributed by atoms with E-state index in [9.17, 15) is 0 Å². The minimum atomic E-state index is 0.124. The van der Waals surface area contributed by atoms with Crippen molar-refractivity contribution in [3.63, 3.8) is 0 Å². The van der Waals surface area contributed by atoms with E-state index < -0.39 is 0 Å². The molecule has 2 unspecified atom stereocenters. The number of rotatable bonds is 6. The summed E-state index contributed by atoms with van der Waals surface area (Å²) in [5.41, 5.74) is 0. The number of ether oxygens (including phenoxy) is 4. The standard InChI is InChI=1S/C14H16O4/c1-2-13-14(18-13)9-17-11-5-3-4-10(6-11)15-7-12-8-16-12/h2-6,12,14H,7-9H2,1H3/b13-2+. The molecule has 1 aromatic rings. The molecule has 0 radical (unpaired) electrons. The maximum atomic E-state index is 5.65. The summed E-state index contributed by atoms with van der Waals surface area (Å²) in [5, 5.41) is 0. The Morgan fingerprint density at radius 2 is 2.00 bits per heavy atom. The van der Waals surface area contributed by atoms with Gasteiger partial charge in [-0.3, -0.25) is 0 Å². The molecule has 2 saturated heterocycles. The molecular formula is C14H16O4. The van der Waals surface area contributed by atoms with Crippen LogP contribution in [0.3, 0.4) is 0 Å². The van der Waals surface area contributed by atoms with Gasteiger partial charge in [-0.05, 0) is 25.1 Å². The lowest BCUT2D eigenvalue weighted by Gasteiger charge is -2.07. The Morgan fingerprint density at radius 3 is 2.61 bits per heavy atom. The van der Waals surface area contributed by atoms with Gasteiger partial charge >= 0.3 is 0 Å². The third-order valence-corrected chi connectivity index (χ3v) is 2.87. The molecule has 2 aliphatic heterocycles. The van der Waals surface area contributed by atoms with Gasteiger partial charge in [-0.2, -0.15) is 0 Å². The van der Waals surface area contributed by atoms with Gasteiger partial charge in [-0.25, -0.2) is 0 Å². The molecule has 4 heteroatoms. The topological polar surface area (TPSA) is 43.5 Å². The van der Waals surface area contributed by atoms with E-state index in [1.807, 2.05) is 37.3 Å². The highest BCUT2D eigenvalue weighted by Crippen LogP contribution is 2.28. The van der Waals surface area contributed by atoms with Crippen LogP contribution in [0.5, 0.6) is 11.5 Å². The Hall–Kier alpha value is -1.68. The van der Waals surface area contributed by atoms with Crippen LogP contribution >= 0.6 is 0 Å². The van der Waals surface area contributed by atoms with Crippen LogP contribution in [0.15, 0.2) is 36.1 Å². The van der Waals surface area contributed by atoms with Gasteiger partial charge < -0.3 is 18.9 Å². The Bertz CT molecular complexity index is 451. The van der Waals surface area contributed by atoms with Crippen molar-refractivity contribution in [1.82, 2.24) is 0 Å². The fraction of sp³-hybridized carbons (Fsp3) is 0.429. The van der Waals surface area contributed by atoms with Crippen molar-refractivity contribution in [1.29, 1.82) is 0 Å². The average molecular weight is 248 g/mol. The molecular weight excluding hydrogens is 232 g/mol. The second-order valence-electron chi connectivity index (χ2n) is 4.35. The molecule has 0 saturated carbocycles. The molecule has 0 aromatic heterocycles. The zero-order valence-electron chi connectivity index (χ0n) is 10.3. The largest absolute Gasteiger partial charge is 0.491 e. The Kier molecular flexibility index (Phi) is 3.11. The number of hydrogen-bond acceptors (Lipinski definition) is 4. The van der Waals surface area contributed by atoms with Crippen LogP contribution in [0.1, 0.15) is 6.92 Å². The van der Waals surface area contributed by atoms with Crippen molar-refractivity contribution in [2.45, 2.75) is 19.1 Å². The molecule has 2 heterocycles. The lowest BCUT2D eigenvalue weighted by atomic mass is 10.3. The van der Waals surface area contributed by atoms with Crippen molar-refractivity contribution < 1.29 is 18.9 Å². The molecule has 2 fully saturated rings.